The molecule has 0 aromatic heterocycles. The number of hydrogen-bond acceptors (Lipinski definition) is 2. The lowest BCUT2D eigenvalue weighted by molar-refractivity contribution is 0.404. The van der Waals surface area contributed by atoms with Crippen LogP contribution in [-0.4, -0.2) is 13.4 Å². The van der Waals surface area contributed by atoms with Gasteiger partial charge in [0.2, 0.25) is 0 Å². The van der Waals surface area contributed by atoms with E-state index in [1.165, 1.54) is 10.5 Å². The molecule has 0 unspecified atom stereocenters. The zero-order valence-corrected chi connectivity index (χ0v) is 8.86. The molecule has 0 spiro atoms. The van der Waals surface area contributed by atoms with Crippen molar-refractivity contribution in [3.05, 3.63) is 36.4 Å². The van der Waals surface area contributed by atoms with Crippen LogP contribution < -0.4 is 4.74 Å². The molecule has 0 aliphatic carbocycles. The van der Waals surface area contributed by atoms with E-state index >= 15 is 0 Å². The molecule has 70 valence electrons. The lowest BCUT2D eigenvalue weighted by Gasteiger charge is -2.07. The number of methoxy groups -OCH3 is 1. The van der Waals surface area contributed by atoms with Crippen molar-refractivity contribution in [1.82, 2.24) is 0 Å². The van der Waals surface area contributed by atoms with E-state index in [0.29, 0.717) is 0 Å². The maximum atomic E-state index is 5.27. The van der Waals surface area contributed by atoms with Gasteiger partial charge in [0.25, 0.3) is 0 Å². The predicted molar refractivity (Wildman–Crippen MR) is 58.7 cm³/mol. The molecule has 1 aromatic rings. The van der Waals surface area contributed by atoms with Gasteiger partial charge in [0, 0.05) is 4.90 Å². The van der Waals surface area contributed by atoms with Gasteiger partial charge < -0.3 is 4.74 Å². The number of benzene rings is 1. The van der Waals surface area contributed by atoms with Crippen molar-refractivity contribution in [3.8, 4) is 5.75 Å². The first-order valence-corrected chi connectivity index (χ1v) is 5.36. The summed E-state index contributed by atoms with van der Waals surface area (Å²) >= 11 is 1.70. The summed E-state index contributed by atoms with van der Waals surface area (Å²) in [7, 11) is 1.70. The average molecular weight is 194 g/mol. The van der Waals surface area contributed by atoms with E-state index in [-0.39, 0.29) is 0 Å². The third-order valence-corrected chi connectivity index (χ3v) is 2.61. The Balaban J connectivity index is 2.98. The molecule has 0 amide bonds. The van der Waals surface area contributed by atoms with Crippen LogP contribution in [0.15, 0.2) is 35.7 Å². The van der Waals surface area contributed by atoms with E-state index < -0.39 is 0 Å². The van der Waals surface area contributed by atoms with Crippen LogP contribution in [0.1, 0.15) is 5.56 Å². The van der Waals surface area contributed by atoms with Gasteiger partial charge in [-0.1, -0.05) is 12.1 Å². The number of allylic oxidation sites excluding steroid dienone is 1. The highest BCUT2D eigenvalue weighted by atomic mass is 32.2. The second kappa shape index (κ2) is 4.97. The van der Waals surface area contributed by atoms with Crippen molar-refractivity contribution in [2.75, 3.05) is 13.4 Å². The molecule has 1 aromatic carbocycles. The monoisotopic (exact) mass is 194 g/mol. The van der Waals surface area contributed by atoms with Gasteiger partial charge in [-0.2, -0.15) is 0 Å². The highest BCUT2D eigenvalue weighted by Gasteiger charge is 2.01. The minimum atomic E-state index is 0.894. The smallest absolute Gasteiger partial charge is 0.132 e. The Morgan fingerprint density at radius 1 is 1.54 bits per heavy atom. The van der Waals surface area contributed by atoms with Crippen LogP contribution in [0.5, 0.6) is 5.75 Å². The van der Waals surface area contributed by atoms with Crippen molar-refractivity contribution >= 4 is 11.8 Å². The first kappa shape index (κ1) is 10.2. The maximum absolute atomic E-state index is 5.27. The van der Waals surface area contributed by atoms with Crippen molar-refractivity contribution < 1.29 is 4.74 Å². The molecule has 13 heavy (non-hydrogen) atoms. The van der Waals surface area contributed by atoms with Crippen LogP contribution in [0, 0.1) is 0 Å². The molecule has 0 atom stereocenters. The average Bonchev–Trinajstić information content (AvgIpc) is 2.18. The van der Waals surface area contributed by atoms with Crippen LogP contribution in [0.25, 0.3) is 0 Å². The first-order chi connectivity index (χ1) is 6.31. The van der Waals surface area contributed by atoms with Crippen LogP contribution in [0.4, 0.5) is 0 Å². The first-order valence-electron chi connectivity index (χ1n) is 4.13. The van der Waals surface area contributed by atoms with E-state index in [4.69, 9.17) is 4.74 Å². The summed E-state index contributed by atoms with van der Waals surface area (Å²) < 4.78 is 5.27. The van der Waals surface area contributed by atoms with Crippen molar-refractivity contribution in [2.45, 2.75) is 11.3 Å². The SMILES string of the molecule is C=CCc1ccc(SC)c(OC)c1. The van der Waals surface area contributed by atoms with Gasteiger partial charge in [-0.15, -0.1) is 18.3 Å². The standard InChI is InChI=1S/C11H14OS/c1-4-5-9-6-7-11(13-3)10(8-9)12-2/h4,6-8H,1,5H2,2-3H3. The van der Waals surface area contributed by atoms with Crippen LogP contribution in [-0.2, 0) is 6.42 Å². The van der Waals surface area contributed by atoms with Crippen molar-refractivity contribution in [2.24, 2.45) is 0 Å². The molecular formula is C11H14OS. The summed E-state index contributed by atoms with van der Waals surface area (Å²) in [5, 5.41) is 0. The summed E-state index contributed by atoms with van der Waals surface area (Å²) in [6, 6.07) is 6.26. The fourth-order valence-electron chi connectivity index (χ4n) is 1.17. The zero-order chi connectivity index (χ0) is 9.68. The Hall–Kier alpha value is -0.890. The minimum absolute atomic E-state index is 0.894. The largest absolute Gasteiger partial charge is 0.496 e. The Bertz CT molecular complexity index is 294. The van der Waals surface area contributed by atoms with E-state index in [1.54, 1.807) is 18.9 Å². The molecule has 0 saturated carbocycles. The molecule has 0 heterocycles. The molecule has 1 nitrogen and oxygen atoms in total. The topological polar surface area (TPSA) is 9.23 Å². The second-order valence-corrected chi connectivity index (χ2v) is 3.53. The van der Waals surface area contributed by atoms with Gasteiger partial charge in [-0.3, -0.25) is 0 Å². The molecule has 0 fully saturated rings. The van der Waals surface area contributed by atoms with Gasteiger partial charge in [-0.25, -0.2) is 0 Å². The van der Waals surface area contributed by atoms with Crippen LogP contribution in [0.3, 0.4) is 0 Å². The molecule has 1 rings (SSSR count). The Labute approximate surface area is 83.8 Å². The Kier molecular flexibility index (Phi) is 3.90. The summed E-state index contributed by atoms with van der Waals surface area (Å²) in [5.74, 6) is 0.951. The normalized spacial score (nSPS) is 9.69. The molecule has 0 N–H and O–H groups in total. The quantitative estimate of drug-likeness (QED) is 0.538. The second-order valence-electron chi connectivity index (χ2n) is 2.68. The minimum Gasteiger partial charge on any atom is -0.496 e. The Morgan fingerprint density at radius 2 is 2.31 bits per heavy atom. The highest BCUT2D eigenvalue weighted by Crippen LogP contribution is 2.28. The van der Waals surface area contributed by atoms with Gasteiger partial charge in [0.05, 0.1) is 7.11 Å². The molecule has 0 aliphatic rings. The molecule has 0 saturated heterocycles. The van der Waals surface area contributed by atoms with Crippen LogP contribution in [0.2, 0.25) is 0 Å². The third kappa shape index (κ3) is 2.52. The summed E-state index contributed by atoms with van der Waals surface area (Å²) in [6.07, 6.45) is 4.84. The lowest BCUT2D eigenvalue weighted by atomic mass is 10.1. The number of rotatable bonds is 4. The summed E-state index contributed by atoms with van der Waals surface area (Å²) in [5.41, 5.74) is 1.24. The van der Waals surface area contributed by atoms with Gasteiger partial charge in [-0.05, 0) is 30.4 Å². The van der Waals surface area contributed by atoms with Crippen molar-refractivity contribution in [3.63, 3.8) is 0 Å². The zero-order valence-electron chi connectivity index (χ0n) is 8.04. The predicted octanol–water partition coefficient (Wildman–Crippen LogP) is 3.15. The van der Waals surface area contributed by atoms with Crippen molar-refractivity contribution in [1.29, 1.82) is 0 Å². The lowest BCUT2D eigenvalue weighted by Crippen LogP contribution is -1.88. The van der Waals surface area contributed by atoms with Crippen LogP contribution >= 0.6 is 11.8 Å². The molecular weight excluding hydrogens is 180 g/mol. The number of thioether (sulfide) groups is 1. The molecule has 0 bridgehead atoms. The number of ether oxygens (including phenoxy) is 1. The maximum Gasteiger partial charge on any atom is 0.132 e. The fraction of sp³-hybridized carbons (Fsp3) is 0.273. The van der Waals surface area contributed by atoms with Gasteiger partial charge in [0.1, 0.15) is 5.75 Å². The summed E-state index contributed by atoms with van der Waals surface area (Å²) in [4.78, 5) is 1.18. The number of hydrogen-bond donors (Lipinski definition) is 0. The van der Waals surface area contributed by atoms with Gasteiger partial charge >= 0.3 is 0 Å². The van der Waals surface area contributed by atoms with E-state index in [2.05, 4.69) is 24.8 Å². The molecule has 2 heteroatoms. The van der Waals surface area contributed by atoms with E-state index in [9.17, 15) is 0 Å². The van der Waals surface area contributed by atoms with Gasteiger partial charge in [0.15, 0.2) is 0 Å². The van der Waals surface area contributed by atoms with E-state index in [1.807, 2.05) is 12.3 Å². The highest BCUT2D eigenvalue weighted by molar-refractivity contribution is 7.98. The summed E-state index contributed by atoms with van der Waals surface area (Å²) in [6.45, 7) is 3.71. The fourth-order valence-corrected chi connectivity index (χ4v) is 1.72. The molecule has 0 radical (unpaired) electrons. The third-order valence-electron chi connectivity index (χ3n) is 1.83. The van der Waals surface area contributed by atoms with E-state index in [0.717, 1.165) is 12.2 Å². The Morgan fingerprint density at radius 3 is 2.85 bits per heavy atom. The molecule has 0 aliphatic heterocycles.